The van der Waals surface area contributed by atoms with E-state index in [-0.39, 0.29) is 16.7 Å². The van der Waals surface area contributed by atoms with Crippen LogP contribution in [0.3, 0.4) is 0 Å². The lowest BCUT2D eigenvalue weighted by Crippen LogP contribution is -2.39. The van der Waals surface area contributed by atoms with E-state index in [1.807, 2.05) is 0 Å². The van der Waals surface area contributed by atoms with Gasteiger partial charge < -0.3 is 9.84 Å². The quantitative estimate of drug-likeness (QED) is 0.522. The molecule has 0 unspecified atom stereocenters. The fraction of sp³-hybridized carbons (Fsp3) is 0.0909. The van der Waals surface area contributed by atoms with Crippen molar-refractivity contribution in [1.29, 1.82) is 0 Å². The maximum atomic E-state index is 13.3. The molecule has 0 heterocycles. The third-order valence-corrected chi connectivity index (χ3v) is 4.25. The average Bonchev–Trinajstić information content (AvgIpc) is 2.74. The molecule has 0 atom stereocenters. The Bertz CT molecular complexity index is 948. The summed E-state index contributed by atoms with van der Waals surface area (Å²) in [5, 5.41) is 11.2. The Labute approximate surface area is 160 Å². The number of ether oxygens (including phenoxy) is 1. The number of Topliss-reactive ketones (excluding diaryl/α,β-unsaturated/α-hetero) is 1. The first-order chi connectivity index (χ1) is 13.4. The number of rotatable bonds is 6. The van der Waals surface area contributed by atoms with Gasteiger partial charge in [0.25, 0.3) is 0 Å². The lowest BCUT2D eigenvalue weighted by molar-refractivity contribution is -0.160. The van der Waals surface area contributed by atoms with Crippen LogP contribution in [0, 0.1) is 11.6 Å². The zero-order chi connectivity index (χ0) is 20.1. The molecular formula is C22H16F2O4. The first kappa shape index (κ1) is 19.4. The van der Waals surface area contributed by atoms with E-state index >= 15 is 0 Å². The van der Waals surface area contributed by atoms with Crippen LogP contribution in [0.2, 0.25) is 0 Å². The molecule has 4 nitrogen and oxygen atoms in total. The standard InChI is InChI=1S/C22H16F2O4/c23-18-12-11-15(13-19(18)24)20(25)14-28-21(26)22(27,16-7-3-1-4-8-16)17-9-5-2-6-10-17/h1-13,27H,14H2. The molecule has 0 aliphatic carbocycles. The fourth-order valence-corrected chi connectivity index (χ4v) is 2.75. The van der Waals surface area contributed by atoms with Crippen molar-refractivity contribution in [1.82, 2.24) is 0 Å². The minimum Gasteiger partial charge on any atom is -0.455 e. The number of carbonyl (C=O) groups is 2. The Hall–Kier alpha value is -3.38. The van der Waals surface area contributed by atoms with E-state index in [4.69, 9.17) is 4.74 Å². The van der Waals surface area contributed by atoms with E-state index in [1.165, 1.54) is 0 Å². The van der Waals surface area contributed by atoms with Gasteiger partial charge in [0.1, 0.15) is 0 Å². The Morgan fingerprint density at radius 3 is 1.86 bits per heavy atom. The third-order valence-electron chi connectivity index (χ3n) is 4.25. The molecule has 0 aliphatic rings. The number of halogens is 2. The highest BCUT2D eigenvalue weighted by Crippen LogP contribution is 2.31. The van der Waals surface area contributed by atoms with E-state index in [1.54, 1.807) is 60.7 Å². The summed E-state index contributed by atoms with van der Waals surface area (Å²) in [5.74, 6) is -4.05. The Balaban J connectivity index is 1.84. The van der Waals surface area contributed by atoms with Crippen LogP contribution in [-0.2, 0) is 15.1 Å². The van der Waals surface area contributed by atoms with Gasteiger partial charge in [-0.3, -0.25) is 4.79 Å². The van der Waals surface area contributed by atoms with Crippen molar-refractivity contribution in [2.45, 2.75) is 5.60 Å². The van der Waals surface area contributed by atoms with E-state index in [9.17, 15) is 23.5 Å². The van der Waals surface area contributed by atoms with Crippen LogP contribution in [-0.4, -0.2) is 23.5 Å². The number of esters is 1. The summed E-state index contributed by atoms with van der Waals surface area (Å²) in [6.07, 6.45) is 0. The first-order valence-electron chi connectivity index (χ1n) is 8.42. The van der Waals surface area contributed by atoms with Crippen LogP contribution in [0.15, 0.2) is 78.9 Å². The highest BCUT2D eigenvalue weighted by Gasteiger charge is 2.41. The third kappa shape index (κ3) is 3.82. The van der Waals surface area contributed by atoms with Crippen molar-refractivity contribution in [2.75, 3.05) is 6.61 Å². The smallest absolute Gasteiger partial charge is 0.348 e. The van der Waals surface area contributed by atoms with Gasteiger partial charge in [0.15, 0.2) is 24.0 Å². The molecule has 3 aromatic carbocycles. The minimum absolute atomic E-state index is 0.144. The predicted molar refractivity (Wildman–Crippen MR) is 97.5 cm³/mol. The van der Waals surface area contributed by atoms with Gasteiger partial charge in [0.2, 0.25) is 5.60 Å². The highest BCUT2D eigenvalue weighted by atomic mass is 19.2. The number of aliphatic hydroxyl groups is 1. The molecule has 0 radical (unpaired) electrons. The summed E-state index contributed by atoms with van der Waals surface area (Å²) in [6.45, 7) is -0.730. The van der Waals surface area contributed by atoms with Crippen molar-refractivity contribution in [3.05, 3.63) is 107 Å². The molecular weight excluding hydrogens is 366 g/mol. The highest BCUT2D eigenvalue weighted by molar-refractivity contribution is 5.98. The molecule has 0 aromatic heterocycles. The summed E-state index contributed by atoms with van der Waals surface area (Å²) in [7, 11) is 0. The van der Waals surface area contributed by atoms with Crippen molar-refractivity contribution < 1.29 is 28.2 Å². The summed E-state index contributed by atoms with van der Waals surface area (Å²) in [5.41, 5.74) is -1.73. The van der Waals surface area contributed by atoms with Crippen molar-refractivity contribution in [3.63, 3.8) is 0 Å². The van der Waals surface area contributed by atoms with Gasteiger partial charge in [-0.25, -0.2) is 13.6 Å². The molecule has 142 valence electrons. The van der Waals surface area contributed by atoms with Gasteiger partial charge in [-0.2, -0.15) is 0 Å². The van der Waals surface area contributed by atoms with E-state index in [0.717, 1.165) is 18.2 Å². The minimum atomic E-state index is -2.13. The second-order valence-electron chi connectivity index (χ2n) is 6.07. The van der Waals surface area contributed by atoms with Crippen molar-refractivity contribution in [2.24, 2.45) is 0 Å². The zero-order valence-electron chi connectivity index (χ0n) is 14.6. The lowest BCUT2D eigenvalue weighted by Gasteiger charge is -2.26. The summed E-state index contributed by atoms with van der Waals surface area (Å²) < 4.78 is 31.3. The SMILES string of the molecule is O=C(COC(=O)C(O)(c1ccccc1)c1ccccc1)c1ccc(F)c(F)c1. The maximum absolute atomic E-state index is 13.3. The number of carbonyl (C=O) groups excluding carboxylic acids is 2. The summed E-state index contributed by atoms with van der Waals surface area (Å²) in [6, 6.07) is 19.0. The van der Waals surface area contributed by atoms with E-state index in [0.29, 0.717) is 0 Å². The molecule has 1 N–H and O–H groups in total. The lowest BCUT2D eigenvalue weighted by atomic mass is 9.86. The molecule has 0 fully saturated rings. The molecule has 28 heavy (non-hydrogen) atoms. The molecule has 0 bridgehead atoms. The van der Waals surface area contributed by atoms with Gasteiger partial charge in [0, 0.05) is 5.56 Å². The van der Waals surface area contributed by atoms with Crippen LogP contribution < -0.4 is 0 Å². The van der Waals surface area contributed by atoms with Gasteiger partial charge in [0.05, 0.1) is 0 Å². The molecule has 0 aliphatic heterocycles. The van der Waals surface area contributed by atoms with Gasteiger partial charge in [-0.1, -0.05) is 60.7 Å². The second kappa shape index (κ2) is 8.10. The number of ketones is 1. The average molecular weight is 382 g/mol. The first-order valence-corrected chi connectivity index (χ1v) is 8.42. The number of hydrogen-bond donors (Lipinski definition) is 1. The fourth-order valence-electron chi connectivity index (χ4n) is 2.75. The van der Waals surface area contributed by atoms with Gasteiger partial charge >= 0.3 is 5.97 Å². The topological polar surface area (TPSA) is 63.6 Å². The molecule has 3 rings (SSSR count). The Morgan fingerprint density at radius 2 is 1.36 bits per heavy atom. The van der Waals surface area contributed by atoms with Crippen LogP contribution in [0.5, 0.6) is 0 Å². The molecule has 0 saturated carbocycles. The maximum Gasteiger partial charge on any atom is 0.348 e. The van der Waals surface area contributed by atoms with Crippen LogP contribution in [0.1, 0.15) is 21.5 Å². The van der Waals surface area contributed by atoms with Crippen LogP contribution >= 0.6 is 0 Å². The van der Waals surface area contributed by atoms with Gasteiger partial charge in [-0.05, 0) is 29.3 Å². The van der Waals surface area contributed by atoms with Gasteiger partial charge in [-0.15, -0.1) is 0 Å². The molecule has 3 aromatic rings. The van der Waals surface area contributed by atoms with Crippen molar-refractivity contribution >= 4 is 11.8 Å². The molecule has 0 saturated heterocycles. The van der Waals surface area contributed by atoms with Crippen LogP contribution in [0.4, 0.5) is 8.78 Å². The zero-order valence-corrected chi connectivity index (χ0v) is 14.6. The predicted octanol–water partition coefficient (Wildman–Crippen LogP) is 3.63. The molecule has 6 heteroatoms. The van der Waals surface area contributed by atoms with E-state index in [2.05, 4.69) is 0 Å². The largest absolute Gasteiger partial charge is 0.455 e. The molecule has 0 amide bonds. The van der Waals surface area contributed by atoms with Crippen LogP contribution in [0.25, 0.3) is 0 Å². The number of benzene rings is 3. The Kier molecular flexibility index (Phi) is 5.61. The monoisotopic (exact) mass is 382 g/mol. The summed E-state index contributed by atoms with van der Waals surface area (Å²) >= 11 is 0. The van der Waals surface area contributed by atoms with Crippen molar-refractivity contribution in [3.8, 4) is 0 Å². The molecule has 0 spiro atoms. The normalized spacial score (nSPS) is 11.1. The second-order valence-corrected chi connectivity index (χ2v) is 6.07. The number of hydrogen-bond acceptors (Lipinski definition) is 4. The summed E-state index contributed by atoms with van der Waals surface area (Å²) in [4.78, 5) is 24.9. The van der Waals surface area contributed by atoms with E-state index < -0.39 is 35.6 Å². The Morgan fingerprint density at radius 1 is 0.821 bits per heavy atom.